The van der Waals surface area contributed by atoms with Crippen LogP contribution in [0.3, 0.4) is 0 Å². The lowest BCUT2D eigenvalue weighted by atomic mass is 10.1. The molecule has 216 valence electrons. The predicted octanol–water partition coefficient (Wildman–Crippen LogP) is 6.32. The molecule has 0 aromatic heterocycles. The summed E-state index contributed by atoms with van der Waals surface area (Å²) in [5.41, 5.74) is 7.36. The third-order valence-corrected chi connectivity index (χ3v) is 5.72. The Balaban J connectivity index is 0. The largest absolute Gasteiger partial charge is 0.480 e. The number of hydrogen-bond donors (Lipinski definition) is 4. The van der Waals surface area contributed by atoms with Crippen molar-refractivity contribution >= 4 is 23.5 Å². The highest BCUT2D eigenvalue weighted by Crippen LogP contribution is 2.10. The van der Waals surface area contributed by atoms with Gasteiger partial charge in [0.15, 0.2) is 0 Å². The first-order valence-corrected chi connectivity index (χ1v) is 13.8. The molecule has 0 spiro atoms. The van der Waals surface area contributed by atoms with E-state index in [-0.39, 0.29) is 12.1 Å². The minimum absolute atomic E-state index is 0. The molecule has 0 aliphatic rings. The van der Waals surface area contributed by atoms with Gasteiger partial charge in [-0.25, -0.2) is 0 Å². The molecule has 38 heavy (non-hydrogen) atoms. The number of halogens is 1. The van der Waals surface area contributed by atoms with E-state index in [2.05, 4.69) is 13.8 Å². The lowest BCUT2D eigenvalue weighted by molar-refractivity contribution is -0.143. The van der Waals surface area contributed by atoms with Crippen molar-refractivity contribution in [3.8, 4) is 0 Å². The lowest BCUT2D eigenvalue weighted by Gasteiger charge is -2.09. The first-order chi connectivity index (χ1) is 17.8. The van der Waals surface area contributed by atoms with Gasteiger partial charge < -0.3 is 26.8 Å². The number of carboxylic acids is 1. The summed E-state index contributed by atoms with van der Waals surface area (Å²) in [7, 11) is 0. The van der Waals surface area contributed by atoms with Crippen molar-refractivity contribution in [2.45, 2.75) is 89.5 Å². The molecular weight excluding hydrogens is 504 g/mol. The number of ether oxygens (including phenoxy) is 1. The van der Waals surface area contributed by atoms with Gasteiger partial charge in [0, 0.05) is 6.61 Å². The molecule has 0 saturated carbocycles. The van der Waals surface area contributed by atoms with Crippen LogP contribution in [-0.4, -0.2) is 46.8 Å². The Morgan fingerprint density at radius 1 is 0.816 bits per heavy atom. The van der Waals surface area contributed by atoms with Gasteiger partial charge in [0.05, 0.1) is 6.61 Å². The average molecular weight is 553 g/mol. The topological polar surface area (TPSA) is 145 Å². The fourth-order valence-electron chi connectivity index (χ4n) is 3.19. The smallest absolute Gasteiger partial charge is 0.324 e. The van der Waals surface area contributed by atoms with E-state index >= 15 is 0 Å². The first-order valence-electron chi connectivity index (χ1n) is 13.3. The highest BCUT2D eigenvalue weighted by atomic mass is 35.5. The standard InChI is InChI=1S/C15H21ClO2.C9H11NO2.C6H14O.H3N/c1-2-3-4-8-11-18-15(17)14(16)12-13-9-6-5-7-10-13;10-8(9(11)12)6-7-4-2-1-3-5-7;1-2-3-4-5-6-7;/h5-7,9-10,14H,2-4,8,11-12H2,1H3;1-5,8H,6,10H2,(H,11,12);7H,2-6H2,1H3;1H3/t14-;8-;;/m00../s1. The van der Waals surface area contributed by atoms with E-state index in [1.807, 2.05) is 60.7 Å². The normalized spacial score (nSPS) is 11.4. The molecule has 0 radical (unpaired) electrons. The van der Waals surface area contributed by atoms with Gasteiger partial charge in [0.25, 0.3) is 0 Å². The van der Waals surface area contributed by atoms with Crippen molar-refractivity contribution < 1.29 is 24.5 Å². The zero-order chi connectivity index (χ0) is 27.7. The van der Waals surface area contributed by atoms with Crippen LogP contribution in [-0.2, 0) is 27.2 Å². The Morgan fingerprint density at radius 2 is 1.29 bits per heavy atom. The van der Waals surface area contributed by atoms with Crippen LogP contribution in [0.4, 0.5) is 0 Å². The van der Waals surface area contributed by atoms with Gasteiger partial charge in [-0.1, -0.05) is 113 Å². The van der Waals surface area contributed by atoms with Crippen LogP contribution in [0.15, 0.2) is 60.7 Å². The first kappa shape index (κ1) is 37.7. The fourth-order valence-corrected chi connectivity index (χ4v) is 3.43. The molecule has 0 aliphatic carbocycles. The summed E-state index contributed by atoms with van der Waals surface area (Å²) in [4.78, 5) is 22.0. The van der Waals surface area contributed by atoms with Crippen LogP contribution in [0.25, 0.3) is 0 Å². The van der Waals surface area contributed by atoms with Crippen LogP contribution in [0.2, 0.25) is 0 Å². The van der Waals surface area contributed by atoms with Gasteiger partial charge in [-0.05, 0) is 36.8 Å². The molecule has 7 N–H and O–H groups in total. The SMILES string of the molecule is CCCCCCO.CCCCCCOC(=O)[C@@H](Cl)Cc1ccccc1.N.N[C@@H](Cc1ccccc1)C(=O)O. The zero-order valence-corrected chi connectivity index (χ0v) is 24.0. The van der Waals surface area contributed by atoms with Gasteiger partial charge >= 0.3 is 11.9 Å². The summed E-state index contributed by atoms with van der Waals surface area (Å²) in [6.07, 6.45) is 9.99. The third kappa shape index (κ3) is 21.6. The summed E-state index contributed by atoms with van der Waals surface area (Å²) in [5, 5.41) is 16.2. The number of aliphatic hydroxyl groups excluding tert-OH is 1. The third-order valence-electron chi connectivity index (χ3n) is 5.38. The average Bonchev–Trinajstić information content (AvgIpc) is 2.90. The van der Waals surface area contributed by atoms with Crippen LogP contribution >= 0.6 is 11.6 Å². The van der Waals surface area contributed by atoms with Crippen LogP contribution in [0.1, 0.15) is 76.3 Å². The minimum Gasteiger partial charge on any atom is -0.480 e. The van der Waals surface area contributed by atoms with Crippen molar-refractivity contribution in [2.75, 3.05) is 13.2 Å². The molecule has 0 unspecified atom stereocenters. The number of carboxylic acid groups (broad SMARTS) is 1. The number of nitrogens with two attached hydrogens (primary N) is 1. The van der Waals surface area contributed by atoms with Crippen molar-refractivity contribution in [3.05, 3.63) is 71.8 Å². The summed E-state index contributed by atoms with van der Waals surface area (Å²) in [5.74, 6) is -1.27. The molecule has 7 nitrogen and oxygen atoms in total. The van der Waals surface area contributed by atoms with E-state index in [0.29, 0.717) is 26.1 Å². The molecule has 0 bridgehead atoms. The molecule has 2 aromatic rings. The Labute approximate surface area is 234 Å². The molecule has 0 saturated heterocycles. The van der Waals surface area contributed by atoms with Crippen molar-refractivity contribution in [2.24, 2.45) is 5.73 Å². The molecule has 0 fully saturated rings. The van der Waals surface area contributed by atoms with Crippen molar-refractivity contribution in [3.63, 3.8) is 0 Å². The number of rotatable bonds is 15. The van der Waals surface area contributed by atoms with Crippen LogP contribution in [0.5, 0.6) is 0 Å². The number of alkyl halides is 1. The Kier molecular flexibility index (Phi) is 26.0. The van der Waals surface area contributed by atoms with E-state index in [1.54, 1.807) is 0 Å². The second-order valence-electron chi connectivity index (χ2n) is 8.80. The van der Waals surface area contributed by atoms with E-state index in [9.17, 15) is 9.59 Å². The number of aliphatic hydroxyl groups is 1. The van der Waals surface area contributed by atoms with Gasteiger partial charge in [0.1, 0.15) is 11.4 Å². The second kappa shape index (κ2) is 26.2. The summed E-state index contributed by atoms with van der Waals surface area (Å²) in [6.45, 7) is 5.16. The lowest BCUT2D eigenvalue weighted by Crippen LogP contribution is -2.32. The quantitative estimate of drug-likeness (QED) is 0.115. The van der Waals surface area contributed by atoms with Gasteiger partial charge in [-0.15, -0.1) is 11.6 Å². The van der Waals surface area contributed by atoms with E-state index < -0.39 is 17.4 Å². The highest BCUT2D eigenvalue weighted by Gasteiger charge is 2.17. The maximum absolute atomic E-state index is 11.6. The summed E-state index contributed by atoms with van der Waals surface area (Å²) >= 11 is 6.03. The maximum Gasteiger partial charge on any atom is 0.324 e. The number of carbonyl (C=O) groups excluding carboxylic acids is 1. The minimum atomic E-state index is -0.959. The predicted molar refractivity (Wildman–Crippen MR) is 157 cm³/mol. The number of unbranched alkanes of at least 4 members (excludes halogenated alkanes) is 6. The van der Waals surface area contributed by atoms with E-state index in [1.165, 1.54) is 32.1 Å². The maximum atomic E-state index is 11.6. The second-order valence-corrected chi connectivity index (χ2v) is 9.33. The zero-order valence-electron chi connectivity index (χ0n) is 23.2. The van der Waals surface area contributed by atoms with Gasteiger partial charge in [0.2, 0.25) is 0 Å². The Bertz CT molecular complexity index is 805. The van der Waals surface area contributed by atoms with Crippen molar-refractivity contribution in [1.29, 1.82) is 0 Å². The monoisotopic (exact) mass is 552 g/mol. The molecule has 0 amide bonds. The highest BCUT2D eigenvalue weighted by molar-refractivity contribution is 6.30. The molecule has 2 rings (SSSR count). The van der Waals surface area contributed by atoms with Gasteiger partial charge in [-0.2, -0.15) is 0 Å². The summed E-state index contributed by atoms with van der Waals surface area (Å²) in [6, 6.07) is 18.3. The van der Waals surface area contributed by atoms with E-state index in [4.69, 9.17) is 32.3 Å². The van der Waals surface area contributed by atoms with Crippen LogP contribution in [0, 0.1) is 0 Å². The molecule has 2 aromatic carbocycles. The number of aliphatic carboxylic acids is 1. The molecule has 0 heterocycles. The molecular formula is C30H49ClN2O5. The number of hydrogen-bond acceptors (Lipinski definition) is 6. The molecule has 0 aliphatic heterocycles. The van der Waals surface area contributed by atoms with Crippen LogP contribution < -0.4 is 11.9 Å². The number of esters is 1. The summed E-state index contributed by atoms with van der Waals surface area (Å²) < 4.78 is 5.15. The molecule has 8 heteroatoms. The Morgan fingerprint density at radius 3 is 1.74 bits per heavy atom. The van der Waals surface area contributed by atoms with Crippen molar-refractivity contribution in [1.82, 2.24) is 6.15 Å². The number of benzene rings is 2. The van der Waals surface area contributed by atoms with E-state index in [0.717, 1.165) is 30.4 Å². The molecule has 2 atom stereocenters. The van der Waals surface area contributed by atoms with Gasteiger partial charge in [-0.3, -0.25) is 9.59 Å². The number of carbonyl (C=O) groups is 2. The Hall–Kier alpha value is -2.45. The fraction of sp³-hybridized carbons (Fsp3) is 0.533.